The molecule has 0 saturated heterocycles. The van der Waals surface area contributed by atoms with Gasteiger partial charge < -0.3 is 0 Å². The van der Waals surface area contributed by atoms with Crippen molar-refractivity contribution in [2.45, 2.75) is 6.82 Å². The molecule has 0 aliphatic carbocycles. The summed E-state index contributed by atoms with van der Waals surface area (Å²) in [7, 11) is 0. The average molecular weight is 330 g/mol. The van der Waals surface area contributed by atoms with Crippen molar-refractivity contribution in [1.29, 1.82) is 0 Å². The zero-order chi connectivity index (χ0) is 17.5. The van der Waals surface area contributed by atoms with Gasteiger partial charge in [0.25, 0.3) is 0 Å². The molecule has 26 heavy (non-hydrogen) atoms. The van der Waals surface area contributed by atoms with Gasteiger partial charge in [-0.05, 0) is 33.4 Å². The van der Waals surface area contributed by atoms with E-state index in [-0.39, 0.29) is 0 Å². The third kappa shape index (κ3) is 2.24. The van der Waals surface area contributed by atoms with Crippen molar-refractivity contribution in [3.05, 3.63) is 97.1 Å². The van der Waals surface area contributed by atoms with E-state index < -0.39 is 0 Å². The highest BCUT2D eigenvalue weighted by Gasteiger charge is 2.24. The molecular weight excluding hydrogens is 311 g/mol. The van der Waals surface area contributed by atoms with Gasteiger partial charge in [-0.2, -0.15) is 0 Å². The minimum Gasteiger partial charge on any atom is -0.0774 e. The number of benzene rings is 4. The molecule has 0 aromatic heterocycles. The van der Waals surface area contributed by atoms with Crippen molar-refractivity contribution < 1.29 is 0 Å². The normalized spacial score (nSPS) is 12.0. The molecule has 1 aliphatic rings. The first-order chi connectivity index (χ1) is 12.8. The maximum absolute atomic E-state index is 2.33. The Bertz CT molecular complexity index is 1020. The molecule has 4 aromatic carbocycles. The van der Waals surface area contributed by atoms with Gasteiger partial charge in [0.15, 0.2) is 0 Å². The minimum atomic E-state index is 0.335. The molecule has 4 aromatic rings. The molecule has 0 N–H and O–H groups in total. The average Bonchev–Trinajstić information content (AvgIpc) is 2.76. The molecule has 122 valence electrons. The smallest absolute Gasteiger partial charge is 0.0774 e. The van der Waals surface area contributed by atoms with Crippen LogP contribution in [-0.2, 0) is 0 Å². The maximum atomic E-state index is 2.33. The Morgan fingerprint density at radius 1 is 0.385 bits per heavy atom. The van der Waals surface area contributed by atoms with E-state index in [1.165, 1.54) is 44.3 Å². The number of rotatable bonds is 0. The van der Waals surface area contributed by atoms with Crippen molar-refractivity contribution in [3.63, 3.8) is 0 Å². The molecule has 1 heteroatoms. The van der Waals surface area contributed by atoms with E-state index in [9.17, 15) is 0 Å². The van der Waals surface area contributed by atoms with Crippen LogP contribution in [0, 0.1) is 0 Å². The molecular formula is C25H19B. The van der Waals surface area contributed by atoms with E-state index in [1.807, 2.05) is 0 Å². The molecule has 0 saturated carbocycles. The van der Waals surface area contributed by atoms with E-state index in [0.717, 1.165) is 0 Å². The molecule has 0 unspecified atom stereocenters. The van der Waals surface area contributed by atoms with Gasteiger partial charge in [-0.25, -0.2) is 0 Å². The minimum absolute atomic E-state index is 0.335. The summed E-state index contributed by atoms with van der Waals surface area (Å²) >= 11 is 0. The molecule has 1 heterocycles. The fraction of sp³-hybridized carbons (Fsp3) is 0.0400. The lowest BCUT2D eigenvalue weighted by Crippen LogP contribution is -2.41. The predicted molar refractivity (Wildman–Crippen MR) is 114 cm³/mol. The standard InChI is InChI=1S/C25H19B/c1-26-24-16-8-6-14-22(24)20-12-4-2-10-18(20)19-11-3-5-13-21(19)23-15-7-9-17-25(23)26/h2-17H,1H3. The molecule has 0 spiro atoms. The van der Waals surface area contributed by atoms with E-state index in [2.05, 4.69) is 104 Å². The molecule has 0 bridgehead atoms. The molecule has 0 radical (unpaired) electrons. The predicted octanol–water partition coefficient (Wildman–Crippen LogP) is 5.24. The Morgan fingerprint density at radius 2 is 0.654 bits per heavy atom. The maximum Gasteiger partial charge on any atom is 0.207 e. The molecule has 0 nitrogen and oxygen atoms in total. The summed E-state index contributed by atoms with van der Waals surface area (Å²) < 4.78 is 0. The molecule has 0 atom stereocenters. The SMILES string of the molecule is CB1c2ccccc2-c2ccccc2-c2ccccc2-c2ccccc21. The van der Waals surface area contributed by atoms with E-state index in [0.29, 0.717) is 6.71 Å². The van der Waals surface area contributed by atoms with Gasteiger partial charge in [0, 0.05) is 0 Å². The van der Waals surface area contributed by atoms with E-state index >= 15 is 0 Å². The largest absolute Gasteiger partial charge is 0.207 e. The highest BCUT2D eigenvalue weighted by Crippen LogP contribution is 2.38. The van der Waals surface area contributed by atoms with Gasteiger partial charge in [-0.3, -0.25) is 0 Å². The van der Waals surface area contributed by atoms with Crippen molar-refractivity contribution in [3.8, 4) is 33.4 Å². The van der Waals surface area contributed by atoms with E-state index in [4.69, 9.17) is 0 Å². The van der Waals surface area contributed by atoms with Crippen LogP contribution in [0.2, 0.25) is 6.82 Å². The lowest BCUT2D eigenvalue weighted by molar-refractivity contribution is 1.58. The van der Waals surface area contributed by atoms with Crippen molar-refractivity contribution in [2.24, 2.45) is 0 Å². The van der Waals surface area contributed by atoms with Crippen LogP contribution in [-0.4, -0.2) is 6.71 Å². The fourth-order valence-corrected chi connectivity index (χ4v) is 4.31. The lowest BCUT2D eigenvalue weighted by atomic mass is 9.40. The molecule has 1 aliphatic heterocycles. The summed E-state index contributed by atoms with van der Waals surface area (Å²) in [6.45, 7) is 2.66. The Kier molecular flexibility index (Phi) is 3.53. The van der Waals surface area contributed by atoms with Crippen molar-refractivity contribution in [2.75, 3.05) is 0 Å². The zero-order valence-corrected chi connectivity index (χ0v) is 14.8. The van der Waals surface area contributed by atoms with Gasteiger partial charge >= 0.3 is 0 Å². The van der Waals surface area contributed by atoms with Crippen LogP contribution in [0.15, 0.2) is 97.1 Å². The summed E-state index contributed by atoms with van der Waals surface area (Å²) in [6, 6.07) is 35.3. The Labute approximate surface area is 155 Å². The van der Waals surface area contributed by atoms with Crippen molar-refractivity contribution >= 4 is 17.6 Å². The summed E-state index contributed by atoms with van der Waals surface area (Å²) in [5.74, 6) is 0. The number of fused-ring (bicyclic) bond motifs is 7. The van der Waals surface area contributed by atoms with Gasteiger partial charge in [-0.15, -0.1) is 0 Å². The zero-order valence-electron chi connectivity index (χ0n) is 14.8. The number of hydrogen-bond donors (Lipinski definition) is 0. The first-order valence-electron chi connectivity index (χ1n) is 9.21. The second kappa shape index (κ2) is 6.03. The van der Waals surface area contributed by atoms with Crippen LogP contribution in [0.25, 0.3) is 33.4 Å². The van der Waals surface area contributed by atoms with Crippen LogP contribution >= 0.6 is 0 Å². The quantitative estimate of drug-likeness (QED) is 0.387. The third-order valence-electron chi connectivity index (χ3n) is 5.58. The van der Waals surface area contributed by atoms with Crippen molar-refractivity contribution in [1.82, 2.24) is 0 Å². The molecule has 5 rings (SSSR count). The molecule has 0 amide bonds. The summed E-state index contributed by atoms with van der Waals surface area (Å²) in [5, 5.41) is 0. The monoisotopic (exact) mass is 330 g/mol. The van der Waals surface area contributed by atoms with Gasteiger partial charge in [0.05, 0.1) is 0 Å². The Hall–Kier alpha value is -3.06. The number of hydrogen-bond acceptors (Lipinski definition) is 0. The second-order valence-corrected chi connectivity index (χ2v) is 6.99. The van der Waals surface area contributed by atoms with Gasteiger partial charge in [0.2, 0.25) is 6.71 Å². The van der Waals surface area contributed by atoms with Crippen LogP contribution < -0.4 is 10.9 Å². The fourth-order valence-electron chi connectivity index (χ4n) is 4.31. The molecule has 0 fully saturated rings. The lowest BCUT2D eigenvalue weighted by Gasteiger charge is -2.17. The van der Waals surface area contributed by atoms with Crippen LogP contribution in [0.5, 0.6) is 0 Å². The first kappa shape index (κ1) is 15.2. The summed E-state index contributed by atoms with van der Waals surface area (Å²) in [5.41, 5.74) is 10.7. The topological polar surface area (TPSA) is 0 Å². The van der Waals surface area contributed by atoms with E-state index in [1.54, 1.807) is 0 Å². The highest BCUT2D eigenvalue weighted by molar-refractivity contribution is 6.86. The van der Waals surface area contributed by atoms with Crippen LogP contribution in [0.1, 0.15) is 0 Å². The summed E-state index contributed by atoms with van der Waals surface area (Å²) in [4.78, 5) is 0. The van der Waals surface area contributed by atoms with Gasteiger partial charge in [-0.1, -0.05) is 115 Å². The highest BCUT2D eigenvalue weighted by atomic mass is 14.2. The van der Waals surface area contributed by atoms with Crippen LogP contribution in [0.3, 0.4) is 0 Å². The van der Waals surface area contributed by atoms with Crippen LogP contribution in [0.4, 0.5) is 0 Å². The second-order valence-electron chi connectivity index (χ2n) is 6.99. The Balaban J connectivity index is 1.98. The van der Waals surface area contributed by atoms with Gasteiger partial charge in [0.1, 0.15) is 0 Å². The summed E-state index contributed by atoms with van der Waals surface area (Å²) in [6.07, 6.45) is 0. The Morgan fingerprint density at radius 3 is 1.04 bits per heavy atom. The third-order valence-corrected chi connectivity index (χ3v) is 5.58. The first-order valence-corrected chi connectivity index (χ1v) is 9.21.